The number of fused-ring (bicyclic) bond motifs is 3. The summed E-state index contributed by atoms with van der Waals surface area (Å²) in [6, 6.07) is 4.06. The molecule has 2 aromatic carbocycles. The van der Waals surface area contributed by atoms with E-state index in [1.54, 1.807) is 0 Å². The van der Waals surface area contributed by atoms with Crippen LogP contribution in [0.5, 0.6) is 0 Å². The van der Waals surface area contributed by atoms with Gasteiger partial charge >= 0.3 is 24.0 Å². The average molecular weight is 724 g/mol. The molecule has 5 rings (SSSR count). The Morgan fingerprint density at radius 1 is 0.939 bits per heavy atom. The number of sulfone groups is 1. The Morgan fingerprint density at radius 2 is 1.59 bits per heavy atom. The Morgan fingerprint density at radius 3 is 2.18 bits per heavy atom. The van der Waals surface area contributed by atoms with Crippen molar-refractivity contribution in [1.82, 2.24) is 4.90 Å². The normalized spacial score (nSPS) is 26.3. The highest BCUT2D eigenvalue weighted by Gasteiger charge is 2.74. The molecule has 1 heterocycles. The second kappa shape index (κ2) is 12.8. The van der Waals surface area contributed by atoms with Crippen molar-refractivity contribution in [1.29, 1.82) is 0 Å². The number of hydrogen-bond donors (Lipinski definition) is 1. The van der Waals surface area contributed by atoms with Crippen molar-refractivity contribution in [3.05, 3.63) is 65.0 Å². The first-order valence-corrected chi connectivity index (χ1v) is 17.8. The van der Waals surface area contributed by atoms with E-state index in [0.29, 0.717) is 38.2 Å². The first kappa shape index (κ1) is 37.0. The van der Waals surface area contributed by atoms with Gasteiger partial charge in [0.05, 0.1) is 16.4 Å². The average Bonchev–Trinajstić information content (AvgIpc) is 3.45. The number of carbonyl (C=O) groups is 2. The van der Waals surface area contributed by atoms with Crippen molar-refractivity contribution in [2.45, 2.75) is 111 Å². The second-order valence-corrected chi connectivity index (χ2v) is 15.8. The van der Waals surface area contributed by atoms with Gasteiger partial charge in [-0.3, -0.25) is 9.59 Å². The highest BCUT2D eigenvalue weighted by molar-refractivity contribution is 7.92. The minimum Gasteiger partial charge on any atom is -0.481 e. The molecule has 0 aromatic heterocycles. The third-order valence-electron chi connectivity index (χ3n) is 10.9. The lowest BCUT2D eigenvalue weighted by atomic mass is 9.66. The lowest BCUT2D eigenvalue weighted by molar-refractivity contribution is -0.348. The number of unbranched alkanes of at least 4 members (excludes halogenated alkanes) is 2. The van der Waals surface area contributed by atoms with Crippen LogP contribution in [0, 0.1) is 17.2 Å². The van der Waals surface area contributed by atoms with Crippen molar-refractivity contribution >= 4 is 21.7 Å². The zero-order valence-corrected chi connectivity index (χ0v) is 27.5. The van der Waals surface area contributed by atoms with Crippen LogP contribution in [-0.2, 0) is 36.3 Å². The highest BCUT2D eigenvalue weighted by Crippen LogP contribution is 2.57. The SMILES string of the molecule is CCCCCC1(C(=O)O)CCCC(C(=O)N2CC[C@@]3(S(=O)(=O)c4ccc(F)cc4)c4ccc(C(F)(C(F)(F)F)C(F)(F)F)cc4CC[C@@H]23)C1. The molecule has 4 atom stereocenters. The maximum Gasteiger partial charge on any atom is 0.435 e. The molecule has 49 heavy (non-hydrogen) atoms. The van der Waals surface area contributed by atoms with Crippen LogP contribution in [0.25, 0.3) is 0 Å². The Bertz CT molecular complexity index is 1680. The molecule has 2 aromatic rings. The number of aliphatic carboxylic acids is 1. The van der Waals surface area contributed by atoms with E-state index in [1.165, 1.54) is 4.90 Å². The number of likely N-dealkylation sites (tertiary alicyclic amines) is 1. The summed E-state index contributed by atoms with van der Waals surface area (Å²) in [6.07, 6.45) is -9.63. The van der Waals surface area contributed by atoms with Crippen LogP contribution in [0.2, 0.25) is 0 Å². The van der Waals surface area contributed by atoms with E-state index >= 15 is 4.39 Å². The van der Waals surface area contributed by atoms with E-state index < -0.39 is 73.2 Å². The van der Waals surface area contributed by atoms with Gasteiger partial charge in [-0.05, 0) is 80.3 Å². The Kier molecular flexibility index (Phi) is 9.70. The van der Waals surface area contributed by atoms with Crippen molar-refractivity contribution in [3.8, 4) is 0 Å². The van der Waals surface area contributed by atoms with Gasteiger partial charge in [0, 0.05) is 18.0 Å². The fourth-order valence-corrected chi connectivity index (χ4v) is 10.7. The number of hydrogen-bond acceptors (Lipinski definition) is 4. The summed E-state index contributed by atoms with van der Waals surface area (Å²) in [4.78, 5) is 27.7. The number of nitrogens with zero attached hydrogens (tertiary/aromatic N) is 1. The van der Waals surface area contributed by atoms with Gasteiger partial charge in [0.15, 0.2) is 9.84 Å². The predicted molar refractivity (Wildman–Crippen MR) is 161 cm³/mol. The quantitative estimate of drug-likeness (QED) is 0.160. The monoisotopic (exact) mass is 723 g/mol. The molecule has 2 aliphatic carbocycles. The number of rotatable bonds is 9. The molecule has 1 saturated heterocycles. The molecular weight excluding hydrogens is 686 g/mol. The molecule has 0 spiro atoms. The summed E-state index contributed by atoms with van der Waals surface area (Å²) < 4.78 is 138. The number of aryl methyl sites for hydroxylation is 1. The topological polar surface area (TPSA) is 91.8 Å². The molecule has 1 amide bonds. The highest BCUT2D eigenvalue weighted by atomic mass is 32.2. The van der Waals surface area contributed by atoms with E-state index in [1.807, 2.05) is 6.92 Å². The van der Waals surface area contributed by atoms with Crippen LogP contribution in [0.1, 0.15) is 87.8 Å². The van der Waals surface area contributed by atoms with Crippen molar-refractivity contribution in [2.75, 3.05) is 6.54 Å². The van der Waals surface area contributed by atoms with Crippen LogP contribution in [0.3, 0.4) is 0 Å². The second-order valence-electron chi connectivity index (χ2n) is 13.5. The fourth-order valence-electron chi connectivity index (χ4n) is 8.37. The summed E-state index contributed by atoms with van der Waals surface area (Å²) in [5.74, 6) is -3.01. The third-order valence-corrected chi connectivity index (χ3v) is 13.4. The minimum absolute atomic E-state index is 0.0409. The van der Waals surface area contributed by atoms with Crippen LogP contribution < -0.4 is 0 Å². The molecule has 2 fully saturated rings. The lowest BCUT2D eigenvalue weighted by Gasteiger charge is -2.44. The molecule has 270 valence electrons. The first-order chi connectivity index (χ1) is 22.8. The van der Waals surface area contributed by atoms with Crippen molar-refractivity contribution in [2.24, 2.45) is 11.3 Å². The smallest absolute Gasteiger partial charge is 0.435 e. The molecule has 0 bridgehead atoms. The minimum atomic E-state index is -6.38. The zero-order chi connectivity index (χ0) is 36.2. The van der Waals surface area contributed by atoms with Gasteiger partial charge in [-0.1, -0.05) is 50.8 Å². The van der Waals surface area contributed by atoms with E-state index in [9.17, 15) is 53.8 Å². The predicted octanol–water partition coefficient (Wildman–Crippen LogP) is 8.17. The Labute approximate surface area is 278 Å². The largest absolute Gasteiger partial charge is 0.481 e. The van der Waals surface area contributed by atoms with Gasteiger partial charge in [-0.25, -0.2) is 17.2 Å². The van der Waals surface area contributed by atoms with Crippen molar-refractivity contribution in [3.63, 3.8) is 0 Å². The number of benzene rings is 2. The maximum absolute atomic E-state index is 15.1. The van der Waals surface area contributed by atoms with Gasteiger partial charge in [-0.15, -0.1) is 0 Å². The van der Waals surface area contributed by atoms with E-state index in [0.717, 1.165) is 43.2 Å². The summed E-state index contributed by atoms with van der Waals surface area (Å²) in [5.41, 5.74) is -9.04. The van der Waals surface area contributed by atoms with Crippen molar-refractivity contribution < 1.29 is 58.2 Å². The third kappa shape index (κ3) is 5.90. The van der Waals surface area contributed by atoms with E-state index in [4.69, 9.17) is 0 Å². The maximum atomic E-state index is 15.1. The molecule has 3 aliphatic rings. The van der Waals surface area contributed by atoms with E-state index in [-0.39, 0.29) is 54.3 Å². The van der Waals surface area contributed by atoms with Gasteiger partial charge in [0.2, 0.25) is 5.91 Å². The number of carboxylic acids is 1. The van der Waals surface area contributed by atoms with Crippen LogP contribution in [0.4, 0.5) is 35.1 Å². The summed E-state index contributed by atoms with van der Waals surface area (Å²) in [6.45, 7) is 1.82. The summed E-state index contributed by atoms with van der Waals surface area (Å²) in [7, 11) is -4.64. The van der Waals surface area contributed by atoms with Gasteiger partial charge in [0.25, 0.3) is 0 Å². The van der Waals surface area contributed by atoms with Crippen LogP contribution in [-0.4, -0.2) is 55.2 Å². The number of alkyl halides is 7. The molecule has 0 radical (unpaired) electrons. The van der Waals surface area contributed by atoms with E-state index in [2.05, 4.69) is 0 Å². The number of carbonyl (C=O) groups excluding carboxylic acids is 1. The molecule has 1 saturated carbocycles. The lowest BCUT2D eigenvalue weighted by Crippen LogP contribution is -2.54. The molecular formula is C34H37F8NO5S. The number of carboxylic acid groups (broad SMARTS) is 1. The Hall–Kier alpha value is -3.23. The molecule has 2 unspecified atom stereocenters. The first-order valence-electron chi connectivity index (χ1n) is 16.3. The standard InChI is InChI=1S/C34H37F8NO5S/c1-2-3-4-15-30(29(45)46)16-5-6-22(20-30)28(44)43-18-17-31(49(47,48)25-11-9-24(35)10-12-25)26-13-8-23(19-21(26)7-14-27(31)43)32(36,33(37,38)39)34(40,41)42/h8-13,19,22,27H,2-7,14-18,20H2,1H3,(H,45,46)/t22?,27-,30?,31-/m1/s1. The van der Waals surface area contributed by atoms with Gasteiger partial charge < -0.3 is 10.0 Å². The summed E-state index contributed by atoms with van der Waals surface area (Å²) >= 11 is 0. The number of amides is 1. The van der Waals surface area contributed by atoms with Gasteiger partial charge in [0.1, 0.15) is 10.6 Å². The fraction of sp³-hybridized carbons (Fsp3) is 0.588. The summed E-state index contributed by atoms with van der Waals surface area (Å²) in [5, 5.41) is 10.2. The molecule has 1 aliphatic heterocycles. The van der Waals surface area contributed by atoms with Gasteiger partial charge in [-0.2, -0.15) is 26.3 Å². The number of halogens is 8. The Balaban J connectivity index is 1.60. The van der Waals surface area contributed by atoms with Crippen LogP contribution >= 0.6 is 0 Å². The molecule has 6 nitrogen and oxygen atoms in total. The zero-order valence-electron chi connectivity index (χ0n) is 26.6. The molecule has 15 heteroatoms. The van der Waals surface area contributed by atoms with Crippen LogP contribution in [0.15, 0.2) is 47.4 Å². The molecule has 1 N–H and O–H groups in total.